The number of carbonyl (C=O) groups is 1. The van der Waals surface area contributed by atoms with Crippen LogP contribution in [0.15, 0.2) is 24.3 Å². The van der Waals surface area contributed by atoms with Crippen LogP contribution >= 0.6 is 0 Å². The normalized spacial score (nSPS) is 9.18. The molecule has 0 aliphatic carbocycles. The van der Waals surface area contributed by atoms with E-state index in [0.717, 1.165) is 19.3 Å². The molecule has 0 heterocycles. The molecular weight excluding hydrogens is 212 g/mol. The number of rotatable bonds is 5. The zero-order valence-electron chi connectivity index (χ0n) is 11.5. The number of hydrogen-bond donors (Lipinski definition) is 0. The van der Waals surface area contributed by atoms with Gasteiger partial charge < -0.3 is 4.74 Å². The summed E-state index contributed by atoms with van der Waals surface area (Å²) in [5.41, 5.74) is 1.88. The number of carbonyl (C=O) groups excluding carboxylic acids is 1. The lowest BCUT2D eigenvalue weighted by Gasteiger charge is -2.04. The molecule has 0 aromatic heterocycles. The summed E-state index contributed by atoms with van der Waals surface area (Å²) in [6, 6.07) is 7.59. The van der Waals surface area contributed by atoms with Gasteiger partial charge in [0.15, 0.2) is 0 Å². The van der Waals surface area contributed by atoms with Gasteiger partial charge in [-0.1, -0.05) is 46.2 Å². The molecule has 0 saturated heterocycles. The fourth-order valence-corrected chi connectivity index (χ4v) is 1.27. The van der Waals surface area contributed by atoms with E-state index in [2.05, 4.69) is 13.8 Å². The third-order valence-electron chi connectivity index (χ3n) is 2.33. The lowest BCUT2D eigenvalue weighted by Crippen LogP contribution is -2.06. The molecule has 2 nitrogen and oxygen atoms in total. The molecule has 0 aliphatic heterocycles. The fraction of sp³-hybridized carbons (Fsp3) is 0.533. The number of aryl methyl sites for hydroxylation is 1. The Morgan fingerprint density at radius 3 is 2.18 bits per heavy atom. The molecule has 96 valence electrons. The summed E-state index contributed by atoms with van der Waals surface area (Å²) in [4.78, 5) is 11.5. The van der Waals surface area contributed by atoms with Crippen LogP contribution in [0.5, 0.6) is 0 Å². The van der Waals surface area contributed by atoms with Gasteiger partial charge in [-0.25, -0.2) is 4.79 Å². The minimum Gasteiger partial charge on any atom is -0.462 e. The van der Waals surface area contributed by atoms with Gasteiger partial charge in [-0.05, 0) is 30.5 Å². The average Bonchev–Trinajstić information content (AvgIpc) is 2.41. The minimum atomic E-state index is -0.217. The lowest BCUT2D eigenvalue weighted by molar-refractivity contribution is 0.0500. The highest BCUT2D eigenvalue weighted by Crippen LogP contribution is 2.06. The fourth-order valence-electron chi connectivity index (χ4n) is 1.27. The Hall–Kier alpha value is -1.31. The van der Waals surface area contributed by atoms with Crippen molar-refractivity contribution >= 4 is 5.97 Å². The van der Waals surface area contributed by atoms with Gasteiger partial charge in [0.1, 0.15) is 0 Å². The molecule has 1 aromatic rings. The molecule has 0 aliphatic rings. The number of ether oxygens (including phenoxy) is 1. The summed E-state index contributed by atoms with van der Waals surface area (Å²) in [7, 11) is 0. The molecular formula is C15H24O2. The van der Waals surface area contributed by atoms with Crippen molar-refractivity contribution in [2.45, 2.75) is 47.0 Å². The van der Waals surface area contributed by atoms with Gasteiger partial charge in [-0.15, -0.1) is 0 Å². The van der Waals surface area contributed by atoms with E-state index in [1.807, 2.05) is 38.1 Å². The maximum absolute atomic E-state index is 11.5. The minimum absolute atomic E-state index is 0.217. The number of esters is 1. The van der Waals surface area contributed by atoms with Crippen molar-refractivity contribution in [2.24, 2.45) is 0 Å². The number of hydrogen-bond acceptors (Lipinski definition) is 2. The molecule has 0 bridgehead atoms. The zero-order valence-corrected chi connectivity index (χ0v) is 11.5. The summed E-state index contributed by atoms with van der Waals surface area (Å²) in [6.45, 7) is 8.68. The van der Waals surface area contributed by atoms with Crippen LogP contribution < -0.4 is 0 Å². The lowest BCUT2D eigenvalue weighted by atomic mass is 10.1. The molecule has 1 rings (SSSR count). The van der Waals surface area contributed by atoms with Gasteiger partial charge >= 0.3 is 5.97 Å². The third kappa shape index (κ3) is 6.10. The molecule has 0 fully saturated rings. The van der Waals surface area contributed by atoms with Gasteiger partial charge in [-0.3, -0.25) is 0 Å². The molecule has 0 spiro atoms. The number of benzene rings is 1. The van der Waals surface area contributed by atoms with Crippen molar-refractivity contribution in [3.63, 3.8) is 0 Å². The van der Waals surface area contributed by atoms with Crippen molar-refractivity contribution in [3.8, 4) is 0 Å². The molecule has 1 aromatic carbocycles. The molecule has 2 heteroatoms. The molecule has 0 amide bonds. The summed E-state index contributed by atoms with van der Waals surface area (Å²) >= 11 is 0. The Morgan fingerprint density at radius 2 is 1.71 bits per heavy atom. The van der Waals surface area contributed by atoms with Gasteiger partial charge in [0.2, 0.25) is 0 Å². The summed E-state index contributed by atoms with van der Waals surface area (Å²) in [6.07, 6.45) is 2.96. The van der Waals surface area contributed by atoms with Crippen molar-refractivity contribution in [1.82, 2.24) is 0 Å². The van der Waals surface area contributed by atoms with Crippen molar-refractivity contribution in [1.29, 1.82) is 0 Å². The highest BCUT2D eigenvalue weighted by Gasteiger charge is 2.05. The topological polar surface area (TPSA) is 26.3 Å². The van der Waals surface area contributed by atoms with E-state index in [-0.39, 0.29) is 5.97 Å². The van der Waals surface area contributed by atoms with Crippen LogP contribution in [-0.2, 0) is 11.2 Å². The molecule has 0 unspecified atom stereocenters. The van der Waals surface area contributed by atoms with E-state index in [1.165, 1.54) is 5.56 Å². The second kappa shape index (κ2) is 9.88. The monoisotopic (exact) mass is 236 g/mol. The predicted molar refractivity (Wildman–Crippen MR) is 72.4 cm³/mol. The average molecular weight is 236 g/mol. The Balaban J connectivity index is 0.00000121. The van der Waals surface area contributed by atoms with Crippen LogP contribution in [0.2, 0.25) is 0 Å². The summed E-state index contributed by atoms with van der Waals surface area (Å²) in [5, 5.41) is 0. The van der Waals surface area contributed by atoms with E-state index < -0.39 is 0 Å². The zero-order chi connectivity index (χ0) is 13.1. The summed E-state index contributed by atoms with van der Waals surface area (Å²) < 4.78 is 5.10. The SMILES string of the molecule is CC.CCCCOC(=O)c1ccc(CC)cc1. The highest BCUT2D eigenvalue weighted by atomic mass is 16.5. The van der Waals surface area contributed by atoms with E-state index >= 15 is 0 Å². The van der Waals surface area contributed by atoms with Crippen LogP contribution in [-0.4, -0.2) is 12.6 Å². The van der Waals surface area contributed by atoms with E-state index in [1.54, 1.807) is 0 Å². The van der Waals surface area contributed by atoms with Crippen LogP contribution in [0, 0.1) is 0 Å². The van der Waals surface area contributed by atoms with Gasteiger partial charge in [0.05, 0.1) is 12.2 Å². The van der Waals surface area contributed by atoms with Crippen LogP contribution in [0.25, 0.3) is 0 Å². The van der Waals surface area contributed by atoms with Crippen molar-refractivity contribution < 1.29 is 9.53 Å². The van der Waals surface area contributed by atoms with Gasteiger partial charge in [0.25, 0.3) is 0 Å². The maximum Gasteiger partial charge on any atom is 0.338 e. The first-order chi connectivity index (χ1) is 8.27. The first-order valence-electron chi connectivity index (χ1n) is 6.54. The first kappa shape index (κ1) is 15.7. The predicted octanol–water partition coefficient (Wildman–Crippen LogP) is 4.23. The first-order valence-corrected chi connectivity index (χ1v) is 6.54. The smallest absolute Gasteiger partial charge is 0.338 e. The Kier molecular flexibility index (Phi) is 9.12. The highest BCUT2D eigenvalue weighted by molar-refractivity contribution is 5.89. The molecule has 0 saturated carbocycles. The summed E-state index contributed by atoms with van der Waals surface area (Å²) in [5.74, 6) is -0.217. The Bertz CT molecular complexity index is 301. The molecule has 0 N–H and O–H groups in total. The number of unbranched alkanes of at least 4 members (excludes halogenated alkanes) is 1. The van der Waals surface area contributed by atoms with Crippen LogP contribution in [0.4, 0.5) is 0 Å². The van der Waals surface area contributed by atoms with E-state index in [9.17, 15) is 4.79 Å². The second-order valence-corrected chi connectivity index (χ2v) is 3.54. The maximum atomic E-state index is 11.5. The Labute approximate surface area is 105 Å². The van der Waals surface area contributed by atoms with Crippen molar-refractivity contribution in [2.75, 3.05) is 6.61 Å². The van der Waals surface area contributed by atoms with Crippen molar-refractivity contribution in [3.05, 3.63) is 35.4 Å². The second-order valence-electron chi connectivity index (χ2n) is 3.54. The quantitative estimate of drug-likeness (QED) is 0.565. The third-order valence-corrected chi connectivity index (χ3v) is 2.33. The van der Waals surface area contributed by atoms with Gasteiger partial charge in [-0.2, -0.15) is 0 Å². The van der Waals surface area contributed by atoms with E-state index in [0.29, 0.717) is 12.2 Å². The van der Waals surface area contributed by atoms with E-state index in [4.69, 9.17) is 4.74 Å². The standard InChI is InChI=1S/C13H18O2.C2H6/c1-3-5-10-15-13(14)12-8-6-11(4-2)7-9-12;1-2/h6-9H,3-5,10H2,1-2H3;1-2H3. The van der Waals surface area contributed by atoms with Crippen LogP contribution in [0.3, 0.4) is 0 Å². The largest absolute Gasteiger partial charge is 0.462 e. The van der Waals surface area contributed by atoms with Crippen LogP contribution in [0.1, 0.15) is 56.5 Å². The Morgan fingerprint density at radius 1 is 1.12 bits per heavy atom. The van der Waals surface area contributed by atoms with Gasteiger partial charge in [0, 0.05) is 0 Å². The molecule has 0 radical (unpaired) electrons. The molecule has 0 atom stereocenters. The molecule has 17 heavy (non-hydrogen) atoms.